The minimum atomic E-state index is -1.11. The minimum absolute atomic E-state index is 0.00513. The Bertz CT molecular complexity index is 686. The summed E-state index contributed by atoms with van der Waals surface area (Å²) in [6.45, 7) is 1.77. The van der Waals surface area contributed by atoms with Crippen LogP contribution in [0.3, 0.4) is 0 Å². The largest absolute Gasteiger partial charge is 0.478 e. The fourth-order valence-corrected chi connectivity index (χ4v) is 1.93. The SMILES string of the molecule is Cc1cccnc1C(=O)Nc1cc(Cl)cc(C(=O)O)c1. The minimum Gasteiger partial charge on any atom is -0.478 e. The van der Waals surface area contributed by atoms with Crippen molar-refractivity contribution in [1.29, 1.82) is 0 Å². The van der Waals surface area contributed by atoms with E-state index in [-0.39, 0.29) is 16.3 Å². The number of nitrogens with zero attached hydrogens (tertiary/aromatic N) is 1. The lowest BCUT2D eigenvalue weighted by atomic mass is 10.2. The maximum Gasteiger partial charge on any atom is 0.335 e. The number of rotatable bonds is 3. The zero-order valence-electron chi connectivity index (χ0n) is 10.6. The molecule has 102 valence electrons. The number of carbonyl (C=O) groups is 2. The van der Waals surface area contributed by atoms with Gasteiger partial charge in [0.25, 0.3) is 5.91 Å². The summed E-state index contributed by atoms with van der Waals surface area (Å²) in [5, 5.41) is 11.8. The Morgan fingerprint density at radius 3 is 2.70 bits per heavy atom. The van der Waals surface area contributed by atoms with Crippen molar-refractivity contribution >= 4 is 29.2 Å². The Kier molecular flexibility index (Phi) is 4.00. The van der Waals surface area contributed by atoms with Gasteiger partial charge in [0.15, 0.2) is 0 Å². The van der Waals surface area contributed by atoms with Gasteiger partial charge in [0, 0.05) is 16.9 Å². The molecule has 0 bridgehead atoms. The highest BCUT2D eigenvalue weighted by Crippen LogP contribution is 2.20. The van der Waals surface area contributed by atoms with Crippen LogP contribution in [0.5, 0.6) is 0 Å². The molecule has 0 unspecified atom stereocenters. The van der Waals surface area contributed by atoms with Crippen LogP contribution < -0.4 is 5.32 Å². The van der Waals surface area contributed by atoms with Gasteiger partial charge in [-0.25, -0.2) is 4.79 Å². The quantitative estimate of drug-likeness (QED) is 0.911. The number of aromatic nitrogens is 1. The van der Waals surface area contributed by atoms with Crippen LogP contribution >= 0.6 is 11.6 Å². The average Bonchev–Trinajstić information content (AvgIpc) is 2.38. The van der Waals surface area contributed by atoms with E-state index in [0.29, 0.717) is 5.69 Å². The first-order chi connectivity index (χ1) is 9.47. The zero-order chi connectivity index (χ0) is 14.7. The van der Waals surface area contributed by atoms with E-state index in [4.69, 9.17) is 16.7 Å². The number of carbonyl (C=O) groups excluding carboxylic acids is 1. The maximum absolute atomic E-state index is 12.1. The molecule has 0 spiro atoms. The van der Waals surface area contributed by atoms with Gasteiger partial charge in [-0.05, 0) is 36.8 Å². The maximum atomic E-state index is 12.1. The third-order valence-corrected chi connectivity index (χ3v) is 2.85. The summed E-state index contributed by atoms with van der Waals surface area (Å²) < 4.78 is 0. The molecular formula is C14H11ClN2O3. The number of aryl methyl sites for hydroxylation is 1. The van der Waals surface area contributed by atoms with E-state index in [1.54, 1.807) is 19.1 Å². The van der Waals surface area contributed by atoms with Crippen LogP contribution in [-0.4, -0.2) is 22.0 Å². The second-order valence-corrected chi connectivity index (χ2v) is 4.59. The predicted octanol–water partition coefficient (Wildman–Crippen LogP) is 2.99. The van der Waals surface area contributed by atoms with E-state index in [9.17, 15) is 9.59 Å². The molecule has 20 heavy (non-hydrogen) atoms. The molecule has 2 rings (SSSR count). The first-order valence-electron chi connectivity index (χ1n) is 5.74. The predicted molar refractivity (Wildman–Crippen MR) is 75.3 cm³/mol. The summed E-state index contributed by atoms with van der Waals surface area (Å²) >= 11 is 5.82. The van der Waals surface area contributed by atoms with Gasteiger partial charge in [0.05, 0.1) is 5.56 Å². The number of anilines is 1. The van der Waals surface area contributed by atoms with Crippen molar-refractivity contribution in [2.24, 2.45) is 0 Å². The summed E-state index contributed by atoms with van der Waals surface area (Å²) in [6.07, 6.45) is 1.52. The number of hydrogen-bond acceptors (Lipinski definition) is 3. The Hall–Kier alpha value is -2.40. The van der Waals surface area contributed by atoms with Crippen LogP contribution in [0.1, 0.15) is 26.4 Å². The number of pyridine rings is 1. The molecule has 0 radical (unpaired) electrons. The standard InChI is InChI=1S/C14H11ClN2O3/c1-8-3-2-4-16-12(8)13(18)17-11-6-9(14(19)20)5-10(15)7-11/h2-7H,1H3,(H,17,18)(H,19,20). The lowest BCUT2D eigenvalue weighted by molar-refractivity contribution is 0.0696. The molecule has 0 saturated heterocycles. The molecule has 0 fully saturated rings. The summed E-state index contributed by atoms with van der Waals surface area (Å²) in [5.74, 6) is -1.53. The molecule has 0 atom stereocenters. The summed E-state index contributed by atoms with van der Waals surface area (Å²) in [7, 11) is 0. The van der Waals surface area contributed by atoms with Crippen molar-refractivity contribution in [3.05, 3.63) is 58.4 Å². The van der Waals surface area contributed by atoms with Gasteiger partial charge in [-0.1, -0.05) is 17.7 Å². The van der Waals surface area contributed by atoms with Crippen molar-refractivity contribution < 1.29 is 14.7 Å². The van der Waals surface area contributed by atoms with E-state index in [2.05, 4.69) is 10.3 Å². The van der Waals surface area contributed by atoms with E-state index in [1.807, 2.05) is 0 Å². The number of halogens is 1. The van der Waals surface area contributed by atoms with Gasteiger partial charge in [-0.2, -0.15) is 0 Å². The topological polar surface area (TPSA) is 79.3 Å². The molecule has 0 aliphatic heterocycles. The van der Waals surface area contributed by atoms with Crippen LogP contribution in [0.15, 0.2) is 36.5 Å². The molecule has 2 N–H and O–H groups in total. The summed E-state index contributed by atoms with van der Waals surface area (Å²) in [4.78, 5) is 27.0. The van der Waals surface area contributed by atoms with Gasteiger partial charge < -0.3 is 10.4 Å². The Morgan fingerprint density at radius 2 is 2.05 bits per heavy atom. The molecule has 2 aromatic rings. The number of aromatic carboxylic acids is 1. The van der Waals surface area contributed by atoms with Crippen LogP contribution in [0.2, 0.25) is 5.02 Å². The third kappa shape index (κ3) is 3.13. The van der Waals surface area contributed by atoms with Crippen LogP contribution in [0.4, 0.5) is 5.69 Å². The van der Waals surface area contributed by atoms with E-state index in [1.165, 1.54) is 24.4 Å². The Labute approximate surface area is 120 Å². The number of carboxylic acid groups (broad SMARTS) is 1. The van der Waals surface area contributed by atoms with Crippen molar-refractivity contribution in [2.45, 2.75) is 6.92 Å². The molecule has 1 aromatic carbocycles. The molecule has 5 nitrogen and oxygen atoms in total. The highest BCUT2D eigenvalue weighted by molar-refractivity contribution is 6.31. The van der Waals surface area contributed by atoms with Crippen LogP contribution in [0, 0.1) is 6.92 Å². The third-order valence-electron chi connectivity index (χ3n) is 2.63. The molecular weight excluding hydrogens is 280 g/mol. The lowest BCUT2D eigenvalue weighted by Crippen LogP contribution is -2.15. The van der Waals surface area contributed by atoms with Crippen molar-refractivity contribution in [3.63, 3.8) is 0 Å². The first-order valence-corrected chi connectivity index (χ1v) is 6.12. The second-order valence-electron chi connectivity index (χ2n) is 4.16. The highest BCUT2D eigenvalue weighted by atomic mass is 35.5. The van der Waals surface area contributed by atoms with Gasteiger partial charge in [-0.15, -0.1) is 0 Å². The lowest BCUT2D eigenvalue weighted by Gasteiger charge is -2.08. The average molecular weight is 291 g/mol. The number of carboxylic acids is 1. The first kappa shape index (κ1) is 14.0. The summed E-state index contributed by atoms with van der Waals surface area (Å²) in [5.41, 5.74) is 1.32. The van der Waals surface area contributed by atoms with E-state index < -0.39 is 11.9 Å². The Balaban J connectivity index is 2.28. The van der Waals surface area contributed by atoms with Crippen molar-refractivity contribution in [2.75, 3.05) is 5.32 Å². The molecule has 1 amide bonds. The van der Waals surface area contributed by atoms with Crippen LogP contribution in [-0.2, 0) is 0 Å². The fraction of sp³-hybridized carbons (Fsp3) is 0.0714. The normalized spacial score (nSPS) is 10.1. The number of amides is 1. The van der Waals surface area contributed by atoms with Gasteiger partial charge in [-0.3, -0.25) is 9.78 Å². The van der Waals surface area contributed by atoms with E-state index >= 15 is 0 Å². The van der Waals surface area contributed by atoms with Crippen molar-refractivity contribution in [3.8, 4) is 0 Å². The highest BCUT2D eigenvalue weighted by Gasteiger charge is 2.12. The van der Waals surface area contributed by atoms with Gasteiger partial charge in [0.1, 0.15) is 5.69 Å². The second kappa shape index (κ2) is 5.71. The number of benzene rings is 1. The van der Waals surface area contributed by atoms with E-state index in [0.717, 1.165) is 5.56 Å². The van der Waals surface area contributed by atoms with Gasteiger partial charge >= 0.3 is 5.97 Å². The monoisotopic (exact) mass is 290 g/mol. The Morgan fingerprint density at radius 1 is 1.30 bits per heavy atom. The van der Waals surface area contributed by atoms with Gasteiger partial charge in [0.2, 0.25) is 0 Å². The molecule has 0 aliphatic carbocycles. The molecule has 0 aliphatic rings. The molecule has 1 heterocycles. The van der Waals surface area contributed by atoms with Crippen LogP contribution in [0.25, 0.3) is 0 Å². The summed E-state index contributed by atoms with van der Waals surface area (Å²) in [6, 6.07) is 7.62. The number of hydrogen-bond donors (Lipinski definition) is 2. The fourth-order valence-electron chi connectivity index (χ4n) is 1.70. The zero-order valence-corrected chi connectivity index (χ0v) is 11.3. The molecule has 1 aromatic heterocycles. The molecule has 0 saturated carbocycles. The van der Waals surface area contributed by atoms with Crippen molar-refractivity contribution in [1.82, 2.24) is 4.98 Å². The smallest absolute Gasteiger partial charge is 0.335 e. The molecule has 6 heteroatoms. The number of nitrogens with one attached hydrogen (secondary N) is 1.